The maximum absolute atomic E-state index is 12.8. The number of ether oxygens (including phenoxy) is 4. The number of esters is 2. The lowest BCUT2D eigenvalue weighted by atomic mass is 10.00. The van der Waals surface area contributed by atoms with Gasteiger partial charge in [-0.3, -0.25) is 14.1 Å². The second-order valence-electron chi connectivity index (χ2n) is 15.4. The molecule has 1 rings (SSSR count). The molecule has 0 aliphatic carbocycles. The first-order valence-electron chi connectivity index (χ1n) is 21.7. The maximum Gasteiger partial charge on any atom is 0.306 e. The van der Waals surface area contributed by atoms with Crippen LogP contribution >= 0.6 is 0 Å². The Morgan fingerprint density at radius 3 is 1.51 bits per heavy atom. The molecule has 12 nitrogen and oxygen atoms in total. The van der Waals surface area contributed by atoms with Crippen molar-refractivity contribution >= 4 is 22.1 Å². The van der Waals surface area contributed by atoms with Crippen molar-refractivity contribution in [3.63, 3.8) is 0 Å². The van der Waals surface area contributed by atoms with Gasteiger partial charge in [-0.1, -0.05) is 148 Å². The molecule has 0 bridgehead atoms. The highest BCUT2D eigenvalue weighted by Crippen LogP contribution is 2.24. The van der Waals surface area contributed by atoms with E-state index in [-0.39, 0.29) is 19.4 Å². The minimum atomic E-state index is -4.60. The molecule has 0 radical (unpaired) electrons. The van der Waals surface area contributed by atoms with Crippen molar-refractivity contribution in [2.75, 3.05) is 19.0 Å². The van der Waals surface area contributed by atoms with Gasteiger partial charge in [-0.15, -0.1) is 0 Å². The van der Waals surface area contributed by atoms with Crippen LogP contribution in [0.2, 0.25) is 0 Å². The fourth-order valence-electron chi connectivity index (χ4n) is 6.67. The highest BCUT2D eigenvalue weighted by atomic mass is 32.2. The van der Waals surface area contributed by atoms with Crippen LogP contribution in [0.15, 0.2) is 12.2 Å². The van der Waals surface area contributed by atoms with Gasteiger partial charge in [0.05, 0.1) is 6.61 Å². The van der Waals surface area contributed by atoms with E-state index in [2.05, 4.69) is 26.0 Å². The molecule has 1 heterocycles. The van der Waals surface area contributed by atoms with Crippen LogP contribution in [0.25, 0.3) is 0 Å². The van der Waals surface area contributed by atoms with Crippen LogP contribution in [0.4, 0.5) is 0 Å². The van der Waals surface area contributed by atoms with E-state index in [1.807, 2.05) is 0 Å². The van der Waals surface area contributed by atoms with E-state index in [1.54, 1.807) is 0 Å². The van der Waals surface area contributed by atoms with Gasteiger partial charge in [-0.25, -0.2) is 0 Å². The molecular formula is C42H78O12S. The quantitative estimate of drug-likeness (QED) is 0.0206. The van der Waals surface area contributed by atoms with Gasteiger partial charge < -0.3 is 34.3 Å². The fourth-order valence-corrected chi connectivity index (χ4v) is 7.36. The molecule has 0 aromatic carbocycles. The van der Waals surface area contributed by atoms with Crippen LogP contribution in [-0.4, -0.2) is 96.0 Å². The largest absolute Gasteiger partial charge is 0.462 e. The summed E-state index contributed by atoms with van der Waals surface area (Å²) < 4.78 is 54.0. The zero-order chi connectivity index (χ0) is 40.6. The number of carbonyl (C=O) groups is 2. The molecule has 1 fully saturated rings. The minimum absolute atomic E-state index is 0.158. The number of aliphatic hydroxyl groups excluding tert-OH is 3. The van der Waals surface area contributed by atoms with Crippen molar-refractivity contribution in [1.82, 2.24) is 0 Å². The number of carbonyl (C=O) groups excluding carboxylic acids is 2. The van der Waals surface area contributed by atoms with E-state index in [0.29, 0.717) is 12.8 Å². The number of aliphatic hydroxyl groups is 3. The van der Waals surface area contributed by atoms with E-state index >= 15 is 0 Å². The Bertz CT molecular complexity index is 1080. The second kappa shape index (κ2) is 33.4. The van der Waals surface area contributed by atoms with Gasteiger partial charge in [0.1, 0.15) is 36.8 Å². The maximum atomic E-state index is 12.8. The standard InChI is InChI=1S/C42H78O12S/c1-3-5-7-9-11-13-15-17-19-21-23-25-27-29-31-38(44)53-35(33-52-42-41(47)40(46)39(45)36(54-42)34-55(48,49)50)32-51-37(43)30-28-26-24-22-20-18-16-14-12-10-8-6-4-2/h15,17,35-36,39-42,45-47H,3-14,16,18-34H2,1-2H3,(H,48,49,50)/b17-15+/t35-,36-,39-,40?,41?,42+/m1/s1. The summed E-state index contributed by atoms with van der Waals surface area (Å²) in [5.74, 6) is -1.98. The minimum Gasteiger partial charge on any atom is -0.462 e. The molecule has 1 aliphatic heterocycles. The summed E-state index contributed by atoms with van der Waals surface area (Å²) in [6.07, 6.45) is 24.0. The van der Waals surface area contributed by atoms with Crippen molar-refractivity contribution in [2.45, 2.75) is 224 Å². The van der Waals surface area contributed by atoms with Crippen LogP contribution in [0, 0.1) is 0 Å². The average molecular weight is 807 g/mol. The third-order valence-corrected chi connectivity index (χ3v) is 10.8. The van der Waals surface area contributed by atoms with Gasteiger partial charge in [-0.2, -0.15) is 8.42 Å². The van der Waals surface area contributed by atoms with Gasteiger partial charge in [-0.05, 0) is 38.5 Å². The van der Waals surface area contributed by atoms with Gasteiger partial charge in [0.2, 0.25) is 0 Å². The molecule has 1 saturated heterocycles. The lowest BCUT2D eigenvalue weighted by Crippen LogP contribution is -2.60. The molecule has 0 aromatic rings. The molecule has 0 spiro atoms. The Hall–Kier alpha value is -1.61. The van der Waals surface area contributed by atoms with Crippen molar-refractivity contribution in [2.24, 2.45) is 0 Å². The van der Waals surface area contributed by atoms with Crippen LogP contribution in [0.3, 0.4) is 0 Å². The summed E-state index contributed by atoms with van der Waals surface area (Å²) >= 11 is 0. The van der Waals surface area contributed by atoms with Crippen molar-refractivity contribution in [3.05, 3.63) is 12.2 Å². The Labute approximate surface area is 333 Å². The molecule has 2 unspecified atom stereocenters. The van der Waals surface area contributed by atoms with Crippen molar-refractivity contribution in [1.29, 1.82) is 0 Å². The molecule has 55 heavy (non-hydrogen) atoms. The van der Waals surface area contributed by atoms with Crippen molar-refractivity contribution < 1.29 is 56.8 Å². The molecule has 13 heteroatoms. The summed E-state index contributed by atoms with van der Waals surface area (Å²) in [4.78, 5) is 25.3. The molecule has 6 atom stereocenters. The normalized spacial score (nSPS) is 20.9. The number of rotatable bonds is 36. The zero-order valence-electron chi connectivity index (χ0n) is 34.3. The van der Waals surface area contributed by atoms with E-state index in [0.717, 1.165) is 57.8 Å². The second-order valence-corrected chi connectivity index (χ2v) is 16.9. The molecule has 4 N–H and O–H groups in total. The summed E-state index contributed by atoms with van der Waals surface area (Å²) in [5.41, 5.74) is 0. The Balaban J connectivity index is 2.47. The van der Waals surface area contributed by atoms with Crippen LogP contribution in [-0.2, 0) is 38.7 Å². The molecule has 0 aromatic heterocycles. The Morgan fingerprint density at radius 1 is 0.600 bits per heavy atom. The van der Waals surface area contributed by atoms with Gasteiger partial charge >= 0.3 is 11.9 Å². The van der Waals surface area contributed by atoms with Crippen LogP contribution < -0.4 is 0 Å². The number of hydrogen-bond donors (Lipinski definition) is 4. The van der Waals surface area contributed by atoms with E-state index in [9.17, 15) is 37.9 Å². The van der Waals surface area contributed by atoms with Crippen molar-refractivity contribution in [3.8, 4) is 0 Å². The summed E-state index contributed by atoms with van der Waals surface area (Å²) in [7, 11) is -4.60. The zero-order valence-corrected chi connectivity index (χ0v) is 35.1. The first-order valence-corrected chi connectivity index (χ1v) is 23.4. The first-order chi connectivity index (χ1) is 26.5. The third kappa shape index (κ3) is 28.4. The molecular weight excluding hydrogens is 729 g/mol. The molecule has 324 valence electrons. The summed E-state index contributed by atoms with van der Waals surface area (Å²) in [6, 6.07) is 0. The predicted octanol–water partition coefficient (Wildman–Crippen LogP) is 8.28. The number of unbranched alkanes of at least 4 members (excludes halogenated alkanes) is 22. The topological polar surface area (TPSA) is 186 Å². The number of allylic oxidation sites excluding steroid dienone is 2. The lowest BCUT2D eigenvalue weighted by Gasteiger charge is -2.40. The Kier molecular flexibility index (Phi) is 31.2. The lowest BCUT2D eigenvalue weighted by molar-refractivity contribution is -0.297. The van der Waals surface area contributed by atoms with Crippen LogP contribution in [0.1, 0.15) is 187 Å². The fraction of sp³-hybridized carbons (Fsp3) is 0.905. The first kappa shape index (κ1) is 51.4. The highest BCUT2D eigenvalue weighted by Gasteiger charge is 2.46. The highest BCUT2D eigenvalue weighted by molar-refractivity contribution is 7.85. The van der Waals surface area contributed by atoms with Gasteiger partial charge in [0, 0.05) is 12.8 Å². The summed E-state index contributed by atoms with van der Waals surface area (Å²) in [5, 5.41) is 30.8. The Morgan fingerprint density at radius 2 is 1.04 bits per heavy atom. The van der Waals surface area contributed by atoms with E-state index in [1.165, 1.54) is 89.9 Å². The smallest absolute Gasteiger partial charge is 0.306 e. The average Bonchev–Trinajstić information content (AvgIpc) is 3.14. The van der Waals surface area contributed by atoms with Gasteiger partial charge in [0.15, 0.2) is 12.4 Å². The van der Waals surface area contributed by atoms with Gasteiger partial charge in [0.25, 0.3) is 10.1 Å². The van der Waals surface area contributed by atoms with Crippen LogP contribution in [0.5, 0.6) is 0 Å². The molecule has 1 aliphatic rings. The predicted molar refractivity (Wildman–Crippen MR) is 215 cm³/mol. The number of hydrogen-bond acceptors (Lipinski definition) is 11. The van der Waals surface area contributed by atoms with E-state index < -0.39 is 71.2 Å². The third-order valence-electron chi connectivity index (χ3n) is 10.1. The molecule has 0 amide bonds. The SMILES string of the molecule is CCCCCCC/C=C/CCCCCCCC(=O)O[C@H](COC(=O)CCCCCCCCCCCCCCC)CO[C@H]1O[C@H](CS(=O)(=O)O)[C@@H](O)C(O)C1O. The summed E-state index contributed by atoms with van der Waals surface area (Å²) in [6.45, 7) is 3.74. The van der Waals surface area contributed by atoms with E-state index in [4.69, 9.17) is 18.9 Å². The molecule has 0 saturated carbocycles. The monoisotopic (exact) mass is 807 g/mol.